The molecule has 4 nitrogen and oxygen atoms in total. The van der Waals surface area contributed by atoms with E-state index in [2.05, 4.69) is 20.5 Å². The summed E-state index contributed by atoms with van der Waals surface area (Å²) in [6.07, 6.45) is 3.38. The number of anilines is 1. The zero-order valence-electron chi connectivity index (χ0n) is 5.28. The van der Waals surface area contributed by atoms with Crippen LogP contribution in [-0.2, 0) is 0 Å². The topological polar surface area (TPSA) is 50.2 Å². The Morgan fingerprint density at radius 3 is 3.40 bits per heavy atom. The van der Waals surface area contributed by atoms with Gasteiger partial charge in [-0.3, -0.25) is 4.99 Å². The van der Waals surface area contributed by atoms with Gasteiger partial charge in [0.2, 0.25) is 0 Å². The maximum Gasteiger partial charge on any atom is 0.127 e. The third kappa shape index (κ3) is 0.737. The van der Waals surface area contributed by atoms with Gasteiger partial charge in [-0.2, -0.15) is 5.10 Å². The smallest absolute Gasteiger partial charge is 0.127 e. The monoisotopic (exact) mass is 134 g/mol. The normalized spacial score (nSPS) is 14.0. The molecular weight excluding hydrogens is 128 g/mol. The number of hydrogen-bond donors (Lipinski definition) is 1. The van der Waals surface area contributed by atoms with Crippen molar-refractivity contribution in [3.8, 4) is 0 Å². The lowest BCUT2D eigenvalue weighted by atomic mass is 10.3. The Morgan fingerprint density at radius 1 is 1.50 bits per heavy atom. The van der Waals surface area contributed by atoms with E-state index in [1.54, 1.807) is 12.4 Å². The van der Waals surface area contributed by atoms with Crippen LogP contribution in [-0.4, -0.2) is 23.1 Å². The van der Waals surface area contributed by atoms with Gasteiger partial charge in [-0.15, -0.1) is 5.10 Å². The molecule has 1 N–H and O–H groups in total. The fourth-order valence-corrected chi connectivity index (χ4v) is 0.850. The highest BCUT2D eigenvalue weighted by atomic mass is 15.1. The van der Waals surface area contributed by atoms with Crippen molar-refractivity contribution in [2.24, 2.45) is 4.99 Å². The molecule has 0 aliphatic carbocycles. The van der Waals surface area contributed by atoms with E-state index in [4.69, 9.17) is 0 Å². The Bertz CT molecular complexity index is 268. The number of aliphatic imine (C=N–C) groups is 1. The van der Waals surface area contributed by atoms with E-state index in [1.165, 1.54) is 0 Å². The molecule has 0 radical (unpaired) electrons. The first kappa shape index (κ1) is 5.34. The second kappa shape index (κ2) is 2.06. The van der Waals surface area contributed by atoms with Crippen molar-refractivity contribution in [2.75, 3.05) is 12.0 Å². The number of hydrogen-bond acceptors (Lipinski definition) is 4. The fourth-order valence-electron chi connectivity index (χ4n) is 0.850. The quantitative estimate of drug-likeness (QED) is 0.554. The molecule has 0 amide bonds. The molecule has 0 saturated carbocycles. The Labute approximate surface area is 58.0 Å². The highest BCUT2D eigenvalue weighted by Crippen LogP contribution is 2.10. The van der Waals surface area contributed by atoms with E-state index in [9.17, 15) is 0 Å². The summed E-state index contributed by atoms with van der Waals surface area (Å²) in [5.41, 5.74) is 1.82. The lowest BCUT2D eigenvalue weighted by Gasteiger charge is -2.08. The Kier molecular flexibility index (Phi) is 1.10. The van der Waals surface area contributed by atoms with Gasteiger partial charge in [-0.25, -0.2) is 0 Å². The second-order valence-corrected chi connectivity index (χ2v) is 1.98. The van der Waals surface area contributed by atoms with Gasteiger partial charge >= 0.3 is 0 Å². The predicted octanol–water partition coefficient (Wildman–Crippen LogP) is 0.278. The lowest BCUT2D eigenvalue weighted by molar-refractivity contribution is 0.994. The molecule has 1 aliphatic rings. The van der Waals surface area contributed by atoms with Crippen LogP contribution in [0.3, 0.4) is 0 Å². The highest BCUT2D eigenvalue weighted by molar-refractivity contribution is 5.86. The zero-order chi connectivity index (χ0) is 6.81. The third-order valence-corrected chi connectivity index (χ3v) is 1.32. The largest absolute Gasteiger partial charge is 0.364 e. The predicted molar refractivity (Wildman–Crippen MR) is 38.1 cm³/mol. The summed E-state index contributed by atoms with van der Waals surface area (Å²) in [7, 11) is 0. The maximum atomic E-state index is 3.98. The molecular formula is C6H6N4. The molecule has 1 aromatic rings. The van der Waals surface area contributed by atoms with Crippen LogP contribution in [0.5, 0.6) is 0 Å². The van der Waals surface area contributed by atoms with Gasteiger partial charge in [0.05, 0.1) is 18.1 Å². The van der Waals surface area contributed by atoms with Crippen LogP contribution in [0, 0.1) is 0 Å². The van der Waals surface area contributed by atoms with Crippen LogP contribution in [0.1, 0.15) is 5.69 Å². The number of fused-ring (bicyclic) bond motifs is 1. The van der Waals surface area contributed by atoms with Crippen LogP contribution in [0.2, 0.25) is 0 Å². The summed E-state index contributed by atoms with van der Waals surface area (Å²) in [6.45, 7) is 0.638. The van der Waals surface area contributed by atoms with Crippen molar-refractivity contribution < 1.29 is 0 Å². The molecule has 1 aromatic heterocycles. The standard InChI is InChI=1S/C6H6N4/c1-2-9-10-6-3-7-4-8-5(1)6/h1-3,8H,4H2. The van der Waals surface area contributed by atoms with E-state index in [0.29, 0.717) is 6.67 Å². The number of nitrogens with one attached hydrogen (secondary N) is 1. The molecule has 1 aliphatic heterocycles. The van der Waals surface area contributed by atoms with Gasteiger partial charge in [-0.05, 0) is 6.07 Å². The molecule has 0 saturated heterocycles. The number of rotatable bonds is 0. The van der Waals surface area contributed by atoms with Crippen molar-refractivity contribution in [1.29, 1.82) is 0 Å². The summed E-state index contributed by atoms with van der Waals surface area (Å²) in [4.78, 5) is 3.98. The second-order valence-electron chi connectivity index (χ2n) is 1.98. The SMILES string of the molecule is C1=NCNc2ccnnc21. The number of nitrogens with zero attached hydrogens (tertiary/aromatic N) is 3. The molecule has 10 heavy (non-hydrogen) atoms. The van der Waals surface area contributed by atoms with Crippen molar-refractivity contribution in [1.82, 2.24) is 10.2 Å². The molecule has 0 spiro atoms. The Balaban J connectivity index is 2.54. The molecule has 0 fully saturated rings. The van der Waals surface area contributed by atoms with Crippen LogP contribution in [0.25, 0.3) is 0 Å². The summed E-state index contributed by atoms with van der Waals surface area (Å²) < 4.78 is 0. The molecule has 2 heterocycles. The average molecular weight is 134 g/mol. The molecule has 0 bridgehead atoms. The minimum atomic E-state index is 0.638. The van der Waals surface area contributed by atoms with Gasteiger partial charge in [0.1, 0.15) is 12.4 Å². The highest BCUT2D eigenvalue weighted by Gasteiger charge is 2.02. The molecule has 0 unspecified atom stereocenters. The summed E-state index contributed by atoms with van der Waals surface area (Å²) in [6, 6.07) is 1.88. The summed E-state index contributed by atoms with van der Waals surface area (Å²) in [5, 5.41) is 10.6. The first-order valence-electron chi connectivity index (χ1n) is 3.02. The van der Waals surface area contributed by atoms with Gasteiger partial charge in [0, 0.05) is 0 Å². The average Bonchev–Trinajstić information content (AvgIpc) is 2.05. The molecule has 50 valence electrons. The van der Waals surface area contributed by atoms with E-state index in [0.717, 1.165) is 11.4 Å². The molecule has 2 rings (SSSR count). The van der Waals surface area contributed by atoms with Crippen LogP contribution in [0.4, 0.5) is 5.69 Å². The van der Waals surface area contributed by atoms with Crippen molar-refractivity contribution in [3.63, 3.8) is 0 Å². The van der Waals surface area contributed by atoms with Gasteiger partial charge in [0.15, 0.2) is 0 Å². The van der Waals surface area contributed by atoms with Gasteiger partial charge < -0.3 is 5.32 Å². The third-order valence-electron chi connectivity index (χ3n) is 1.32. The van der Waals surface area contributed by atoms with Gasteiger partial charge in [0.25, 0.3) is 0 Å². The van der Waals surface area contributed by atoms with Crippen molar-refractivity contribution in [2.45, 2.75) is 0 Å². The lowest BCUT2D eigenvalue weighted by Crippen LogP contribution is -2.09. The molecule has 0 atom stereocenters. The van der Waals surface area contributed by atoms with Crippen molar-refractivity contribution in [3.05, 3.63) is 18.0 Å². The van der Waals surface area contributed by atoms with Crippen LogP contribution < -0.4 is 5.32 Å². The first-order chi connectivity index (χ1) is 4.97. The molecule has 0 aromatic carbocycles. The molecule has 4 heteroatoms. The van der Waals surface area contributed by atoms with Crippen molar-refractivity contribution >= 4 is 11.9 Å². The van der Waals surface area contributed by atoms with E-state index >= 15 is 0 Å². The van der Waals surface area contributed by atoms with E-state index < -0.39 is 0 Å². The maximum absolute atomic E-state index is 3.98. The zero-order valence-corrected chi connectivity index (χ0v) is 5.28. The summed E-state index contributed by atoms with van der Waals surface area (Å²) >= 11 is 0. The Hall–Kier alpha value is -1.45. The van der Waals surface area contributed by atoms with E-state index in [-0.39, 0.29) is 0 Å². The fraction of sp³-hybridized carbons (Fsp3) is 0.167. The van der Waals surface area contributed by atoms with Gasteiger partial charge in [-0.1, -0.05) is 0 Å². The first-order valence-corrected chi connectivity index (χ1v) is 3.02. The minimum Gasteiger partial charge on any atom is -0.364 e. The van der Waals surface area contributed by atoms with Crippen LogP contribution >= 0.6 is 0 Å². The van der Waals surface area contributed by atoms with E-state index in [1.807, 2.05) is 6.07 Å². The van der Waals surface area contributed by atoms with Crippen LogP contribution in [0.15, 0.2) is 17.3 Å². The number of aromatic nitrogens is 2. The Morgan fingerprint density at radius 2 is 2.50 bits per heavy atom. The minimum absolute atomic E-state index is 0.638. The summed E-state index contributed by atoms with van der Waals surface area (Å²) in [5.74, 6) is 0.